The molecule has 0 amide bonds. The average Bonchev–Trinajstić information content (AvgIpc) is 3.07. The number of thiazole rings is 1. The van der Waals surface area contributed by atoms with E-state index in [-0.39, 0.29) is 24.0 Å². The topological polar surface area (TPSA) is 52.6 Å². The fraction of sp³-hybridized carbons (Fsp3) is 0.789. The summed E-state index contributed by atoms with van der Waals surface area (Å²) >= 11 is 1.75. The lowest BCUT2D eigenvalue weighted by atomic mass is 10.2. The van der Waals surface area contributed by atoms with Crippen LogP contribution in [-0.2, 0) is 12.8 Å². The summed E-state index contributed by atoms with van der Waals surface area (Å²) < 4.78 is 0. The highest BCUT2D eigenvalue weighted by atomic mass is 127. The summed E-state index contributed by atoms with van der Waals surface area (Å²) in [6.07, 6.45) is 4.30. The van der Waals surface area contributed by atoms with Crippen molar-refractivity contribution < 1.29 is 0 Å². The number of nitrogens with one attached hydrogen (secondary N) is 2. The number of rotatable bonds is 12. The summed E-state index contributed by atoms with van der Waals surface area (Å²) in [4.78, 5) is 11.8. The molecule has 1 aromatic rings. The average molecular weight is 496 g/mol. The Morgan fingerprint density at radius 1 is 1.27 bits per heavy atom. The molecular formula is C19H38IN5S. The predicted molar refractivity (Wildman–Crippen MR) is 126 cm³/mol. The lowest BCUT2D eigenvalue weighted by molar-refractivity contribution is 0.292. The smallest absolute Gasteiger partial charge is 0.191 e. The van der Waals surface area contributed by atoms with Gasteiger partial charge in [-0.2, -0.15) is 0 Å². The molecule has 0 aromatic carbocycles. The van der Waals surface area contributed by atoms with Crippen LogP contribution >= 0.6 is 35.3 Å². The quantitative estimate of drug-likeness (QED) is 0.262. The highest BCUT2D eigenvalue weighted by Gasteiger charge is 2.07. The Bertz CT molecular complexity index is 488. The lowest BCUT2D eigenvalue weighted by Gasteiger charge is -2.21. The molecule has 1 atom stereocenters. The molecular weight excluding hydrogens is 457 g/mol. The zero-order valence-corrected chi connectivity index (χ0v) is 20.3. The molecule has 1 unspecified atom stereocenters. The van der Waals surface area contributed by atoms with Crippen molar-refractivity contribution in [1.82, 2.24) is 20.5 Å². The van der Waals surface area contributed by atoms with Crippen LogP contribution in [0.3, 0.4) is 0 Å². The molecule has 0 aliphatic heterocycles. The van der Waals surface area contributed by atoms with E-state index in [9.17, 15) is 0 Å². The van der Waals surface area contributed by atoms with Crippen molar-refractivity contribution in [3.8, 4) is 0 Å². The number of hydrogen-bond acceptors (Lipinski definition) is 4. The third kappa shape index (κ3) is 10.7. The minimum absolute atomic E-state index is 0. The fourth-order valence-electron chi connectivity index (χ4n) is 2.69. The summed E-state index contributed by atoms with van der Waals surface area (Å²) in [5.41, 5.74) is 1.16. The molecule has 152 valence electrons. The van der Waals surface area contributed by atoms with E-state index < -0.39 is 0 Å². The Morgan fingerprint density at radius 2 is 2.00 bits per heavy atom. The second-order valence-corrected chi connectivity index (χ2v) is 7.25. The number of aliphatic imine (C=N–C) groups is 1. The Hall–Kier alpha value is -0.410. The minimum Gasteiger partial charge on any atom is -0.357 e. The first-order chi connectivity index (χ1) is 12.1. The molecule has 0 fully saturated rings. The van der Waals surface area contributed by atoms with E-state index in [1.807, 2.05) is 0 Å². The van der Waals surface area contributed by atoms with E-state index in [0.29, 0.717) is 6.04 Å². The molecule has 0 aliphatic rings. The summed E-state index contributed by atoms with van der Waals surface area (Å²) in [6.45, 7) is 16.1. The zero-order chi connectivity index (χ0) is 18.5. The number of hydrogen-bond donors (Lipinski definition) is 2. The zero-order valence-electron chi connectivity index (χ0n) is 17.2. The summed E-state index contributed by atoms with van der Waals surface area (Å²) in [7, 11) is 0. The molecule has 0 bridgehead atoms. The highest BCUT2D eigenvalue weighted by Crippen LogP contribution is 2.10. The van der Waals surface area contributed by atoms with Crippen LogP contribution in [0.4, 0.5) is 0 Å². The van der Waals surface area contributed by atoms with Crippen LogP contribution in [0.25, 0.3) is 0 Å². The van der Waals surface area contributed by atoms with Crippen LogP contribution in [0, 0.1) is 0 Å². The van der Waals surface area contributed by atoms with Crippen LogP contribution in [0.15, 0.2) is 10.4 Å². The van der Waals surface area contributed by atoms with E-state index in [2.05, 4.69) is 60.5 Å². The first-order valence-corrected chi connectivity index (χ1v) is 10.7. The van der Waals surface area contributed by atoms with Gasteiger partial charge < -0.3 is 15.5 Å². The number of halogens is 1. The van der Waals surface area contributed by atoms with Gasteiger partial charge in [-0.25, -0.2) is 4.98 Å². The first kappa shape index (κ1) is 25.6. The van der Waals surface area contributed by atoms with Crippen LogP contribution in [0.5, 0.6) is 0 Å². The molecule has 0 saturated carbocycles. The monoisotopic (exact) mass is 495 g/mol. The van der Waals surface area contributed by atoms with Gasteiger partial charge in [0.15, 0.2) is 5.96 Å². The van der Waals surface area contributed by atoms with Crippen LogP contribution in [0.2, 0.25) is 0 Å². The summed E-state index contributed by atoms with van der Waals surface area (Å²) in [6, 6.07) is 0.430. The Kier molecular flexibility index (Phi) is 15.4. The highest BCUT2D eigenvalue weighted by molar-refractivity contribution is 14.0. The Labute approximate surface area is 181 Å². The second kappa shape index (κ2) is 15.6. The van der Waals surface area contributed by atoms with Crippen molar-refractivity contribution in [3.05, 3.63) is 16.1 Å². The maximum atomic E-state index is 4.71. The number of aryl methyl sites for hydroxylation is 1. The van der Waals surface area contributed by atoms with Gasteiger partial charge in [0.2, 0.25) is 0 Å². The van der Waals surface area contributed by atoms with Crippen LogP contribution in [-0.4, -0.2) is 54.6 Å². The van der Waals surface area contributed by atoms with E-state index in [1.54, 1.807) is 11.3 Å². The van der Waals surface area contributed by atoms with Gasteiger partial charge in [0.1, 0.15) is 0 Å². The molecule has 1 heterocycles. The van der Waals surface area contributed by atoms with E-state index in [0.717, 1.165) is 57.1 Å². The number of guanidine groups is 1. The Morgan fingerprint density at radius 3 is 2.58 bits per heavy atom. The molecule has 1 aromatic heterocycles. The van der Waals surface area contributed by atoms with Gasteiger partial charge in [-0.15, -0.1) is 35.3 Å². The van der Waals surface area contributed by atoms with Crippen molar-refractivity contribution in [3.63, 3.8) is 0 Å². The predicted octanol–water partition coefficient (Wildman–Crippen LogP) is 3.93. The summed E-state index contributed by atoms with van der Waals surface area (Å²) in [5, 5.41) is 10.3. The van der Waals surface area contributed by atoms with Gasteiger partial charge in [-0.3, -0.25) is 4.99 Å². The number of nitrogens with zero attached hydrogens (tertiary/aromatic N) is 3. The SMILES string of the molecule is CCNC(=NCCc1csc(CC)n1)NC(C)CCCN(CC)CC.I. The first-order valence-electron chi connectivity index (χ1n) is 9.83. The van der Waals surface area contributed by atoms with Gasteiger partial charge in [-0.1, -0.05) is 20.8 Å². The molecule has 5 nitrogen and oxygen atoms in total. The normalized spacial score (nSPS) is 12.8. The van der Waals surface area contributed by atoms with Crippen molar-refractivity contribution in [2.75, 3.05) is 32.7 Å². The minimum atomic E-state index is 0. The van der Waals surface area contributed by atoms with Crippen molar-refractivity contribution in [2.24, 2.45) is 4.99 Å². The third-order valence-corrected chi connectivity index (χ3v) is 5.31. The van der Waals surface area contributed by atoms with Crippen LogP contribution in [0.1, 0.15) is 58.2 Å². The van der Waals surface area contributed by atoms with Crippen LogP contribution < -0.4 is 10.6 Å². The maximum absolute atomic E-state index is 4.71. The van der Waals surface area contributed by atoms with Gasteiger partial charge in [0.05, 0.1) is 10.7 Å². The van der Waals surface area contributed by atoms with Gasteiger partial charge in [-0.05, 0) is 52.7 Å². The van der Waals surface area contributed by atoms with Crippen molar-refractivity contribution >= 4 is 41.3 Å². The Balaban J connectivity index is 0.00000625. The lowest BCUT2D eigenvalue weighted by Crippen LogP contribution is -2.42. The second-order valence-electron chi connectivity index (χ2n) is 6.31. The van der Waals surface area contributed by atoms with E-state index in [1.165, 1.54) is 18.0 Å². The van der Waals surface area contributed by atoms with Gasteiger partial charge >= 0.3 is 0 Å². The van der Waals surface area contributed by atoms with Crippen molar-refractivity contribution in [2.45, 2.75) is 66.3 Å². The number of aromatic nitrogens is 1. The van der Waals surface area contributed by atoms with Crippen molar-refractivity contribution in [1.29, 1.82) is 0 Å². The summed E-state index contributed by atoms with van der Waals surface area (Å²) in [5.74, 6) is 0.920. The maximum Gasteiger partial charge on any atom is 0.191 e. The standard InChI is InChI=1S/C19H37N5S.HI/c1-6-18-23-17(15-25-18)12-13-21-19(20-7-2)22-16(5)11-10-14-24(8-3)9-4;/h15-16H,6-14H2,1-5H3,(H2,20,21,22);1H. The molecule has 7 heteroatoms. The molecule has 0 saturated heterocycles. The molecule has 26 heavy (non-hydrogen) atoms. The molecule has 0 radical (unpaired) electrons. The van der Waals surface area contributed by atoms with Gasteiger partial charge in [0.25, 0.3) is 0 Å². The van der Waals surface area contributed by atoms with Gasteiger partial charge in [0, 0.05) is 30.9 Å². The van der Waals surface area contributed by atoms with E-state index in [4.69, 9.17) is 4.99 Å². The third-order valence-electron chi connectivity index (χ3n) is 4.27. The molecule has 0 spiro atoms. The molecule has 0 aliphatic carbocycles. The molecule has 2 N–H and O–H groups in total. The largest absolute Gasteiger partial charge is 0.357 e. The fourth-order valence-corrected chi connectivity index (χ4v) is 3.47. The van der Waals surface area contributed by atoms with E-state index >= 15 is 0 Å². The molecule has 1 rings (SSSR count).